The van der Waals surface area contributed by atoms with Gasteiger partial charge < -0.3 is 10.1 Å². The van der Waals surface area contributed by atoms with E-state index < -0.39 is 28.3 Å². The van der Waals surface area contributed by atoms with Crippen molar-refractivity contribution in [1.29, 1.82) is 0 Å². The maximum absolute atomic E-state index is 13.5. The number of non-ortho nitro benzene ring substituents is 1. The van der Waals surface area contributed by atoms with E-state index in [4.69, 9.17) is 4.74 Å². The molecular weight excluding hydrogens is 527 g/mol. The number of pyridine rings is 1. The maximum Gasteiger partial charge on any atom is 0.416 e. The van der Waals surface area contributed by atoms with Crippen molar-refractivity contribution in [1.82, 2.24) is 14.8 Å². The third-order valence-electron chi connectivity index (χ3n) is 6.23. The minimum absolute atomic E-state index is 0.0150. The van der Waals surface area contributed by atoms with Crippen LogP contribution >= 0.6 is 0 Å². The normalized spacial score (nSPS) is 11.4. The third-order valence-corrected chi connectivity index (χ3v) is 6.23. The van der Waals surface area contributed by atoms with Gasteiger partial charge in [0.05, 0.1) is 45.2 Å². The number of aryl methyl sites for hydroxylation is 1. The van der Waals surface area contributed by atoms with E-state index in [9.17, 15) is 28.1 Å². The molecule has 0 aliphatic rings. The summed E-state index contributed by atoms with van der Waals surface area (Å²) in [6.07, 6.45) is -2.95. The smallest absolute Gasteiger partial charge is 0.416 e. The zero-order valence-corrected chi connectivity index (χ0v) is 21.1. The Labute approximate surface area is 225 Å². The summed E-state index contributed by atoms with van der Waals surface area (Å²) in [5.41, 5.74) is 1.55. The van der Waals surface area contributed by atoms with Gasteiger partial charge in [0.1, 0.15) is 11.5 Å². The molecule has 0 aliphatic heterocycles. The molecule has 0 radical (unpaired) electrons. The Kier molecular flexibility index (Phi) is 6.68. The van der Waals surface area contributed by atoms with E-state index in [1.54, 1.807) is 48.3 Å². The van der Waals surface area contributed by atoms with Gasteiger partial charge in [0.25, 0.3) is 11.6 Å². The number of ether oxygens (including phenoxy) is 1. The summed E-state index contributed by atoms with van der Waals surface area (Å²) < 4.78 is 46.5. The second-order valence-corrected chi connectivity index (χ2v) is 8.89. The molecule has 9 nitrogen and oxygen atoms in total. The van der Waals surface area contributed by atoms with Crippen LogP contribution in [-0.2, 0) is 13.2 Å². The first kappa shape index (κ1) is 26.4. The van der Waals surface area contributed by atoms with Gasteiger partial charge in [-0.1, -0.05) is 24.3 Å². The van der Waals surface area contributed by atoms with Crippen LogP contribution in [0.25, 0.3) is 22.2 Å². The maximum atomic E-state index is 13.5. The van der Waals surface area contributed by atoms with E-state index in [-0.39, 0.29) is 22.7 Å². The fourth-order valence-corrected chi connectivity index (χ4v) is 4.14. The number of carbonyl (C=O) groups is 1. The fraction of sp³-hybridized carbons (Fsp3) is 0.107. The number of nitrogens with zero attached hydrogens (tertiary/aromatic N) is 4. The zero-order valence-electron chi connectivity index (χ0n) is 21.1. The lowest BCUT2D eigenvalue weighted by Gasteiger charge is -2.13. The number of hydrogen-bond acceptors (Lipinski definition) is 6. The molecule has 3 aromatic carbocycles. The average Bonchev–Trinajstić information content (AvgIpc) is 3.25. The van der Waals surface area contributed by atoms with Crippen molar-refractivity contribution in [3.8, 4) is 22.8 Å². The largest absolute Gasteiger partial charge is 0.457 e. The number of anilines is 1. The molecule has 40 heavy (non-hydrogen) atoms. The van der Waals surface area contributed by atoms with Gasteiger partial charge in [0, 0.05) is 35.8 Å². The summed E-state index contributed by atoms with van der Waals surface area (Å²) in [5.74, 6) is -0.883. The minimum Gasteiger partial charge on any atom is -0.457 e. The van der Waals surface area contributed by atoms with Crippen LogP contribution in [0.5, 0.6) is 11.5 Å². The number of aromatic nitrogens is 3. The molecule has 0 bridgehead atoms. The van der Waals surface area contributed by atoms with Gasteiger partial charge in [-0.2, -0.15) is 18.3 Å². The van der Waals surface area contributed by atoms with Crippen LogP contribution in [0.3, 0.4) is 0 Å². The van der Waals surface area contributed by atoms with Crippen LogP contribution in [0.15, 0.2) is 79.0 Å². The van der Waals surface area contributed by atoms with Crippen LogP contribution in [-0.4, -0.2) is 25.6 Å². The number of fused-ring (bicyclic) bond motifs is 1. The molecule has 5 aromatic rings. The molecular formula is C28H20F3N5O4. The summed E-state index contributed by atoms with van der Waals surface area (Å²) in [5, 5.41) is 19.0. The number of nitro benzene ring substituents is 1. The molecule has 2 aromatic heterocycles. The topological polar surface area (TPSA) is 112 Å². The van der Waals surface area contributed by atoms with Gasteiger partial charge in [-0.15, -0.1) is 0 Å². The minimum atomic E-state index is -4.60. The number of nitro groups is 1. The average molecular weight is 547 g/mol. The van der Waals surface area contributed by atoms with Crippen LogP contribution in [0, 0.1) is 17.0 Å². The first-order valence-corrected chi connectivity index (χ1v) is 11.8. The quantitative estimate of drug-likeness (QED) is 0.183. The highest BCUT2D eigenvalue weighted by Gasteiger charge is 2.30. The van der Waals surface area contributed by atoms with E-state index in [1.165, 1.54) is 12.1 Å². The van der Waals surface area contributed by atoms with Crippen molar-refractivity contribution < 1.29 is 27.6 Å². The van der Waals surface area contributed by atoms with Crippen molar-refractivity contribution in [3.05, 3.63) is 106 Å². The summed E-state index contributed by atoms with van der Waals surface area (Å²) in [4.78, 5) is 29.1. The van der Waals surface area contributed by atoms with Crippen LogP contribution < -0.4 is 10.1 Å². The van der Waals surface area contributed by atoms with Crippen molar-refractivity contribution in [2.45, 2.75) is 13.1 Å². The van der Waals surface area contributed by atoms with E-state index >= 15 is 0 Å². The number of halogens is 3. The monoisotopic (exact) mass is 547 g/mol. The van der Waals surface area contributed by atoms with Crippen LogP contribution in [0.4, 0.5) is 24.5 Å². The molecule has 1 N–H and O–H groups in total. The second-order valence-electron chi connectivity index (χ2n) is 8.89. The molecule has 0 aliphatic carbocycles. The van der Waals surface area contributed by atoms with Gasteiger partial charge in [-0.25, -0.2) is 4.98 Å². The number of hydrogen-bond donors (Lipinski definition) is 1. The predicted octanol–water partition coefficient (Wildman–Crippen LogP) is 6.92. The zero-order chi connectivity index (χ0) is 28.6. The highest BCUT2D eigenvalue weighted by atomic mass is 19.4. The molecule has 5 rings (SSSR count). The summed E-state index contributed by atoms with van der Waals surface area (Å²) in [6, 6.07) is 16.2. The van der Waals surface area contributed by atoms with Gasteiger partial charge in [-0.05, 0) is 37.3 Å². The third kappa shape index (κ3) is 5.32. The Bertz CT molecular complexity index is 1780. The molecule has 0 fully saturated rings. The van der Waals surface area contributed by atoms with Gasteiger partial charge >= 0.3 is 6.18 Å². The van der Waals surface area contributed by atoms with E-state index in [0.29, 0.717) is 16.6 Å². The Morgan fingerprint density at radius 3 is 2.50 bits per heavy atom. The summed E-state index contributed by atoms with van der Waals surface area (Å²) >= 11 is 0. The molecule has 1 amide bonds. The number of carbonyl (C=O) groups excluding carboxylic acids is 1. The van der Waals surface area contributed by atoms with Crippen molar-refractivity contribution in [2.24, 2.45) is 7.05 Å². The lowest BCUT2D eigenvalue weighted by atomic mass is 10.0. The van der Waals surface area contributed by atoms with Crippen LogP contribution in [0.2, 0.25) is 0 Å². The lowest BCUT2D eigenvalue weighted by Crippen LogP contribution is -2.13. The van der Waals surface area contributed by atoms with E-state index in [0.717, 1.165) is 41.6 Å². The molecule has 202 valence electrons. The molecule has 0 saturated carbocycles. The Balaban J connectivity index is 1.52. The highest BCUT2D eigenvalue weighted by Crippen LogP contribution is 2.35. The fourth-order valence-electron chi connectivity index (χ4n) is 4.14. The van der Waals surface area contributed by atoms with Crippen molar-refractivity contribution in [2.75, 3.05) is 5.32 Å². The number of amides is 1. The summed E-state index contributed by atoms with van der Waals surface area (Å²) in [6.45, 7) is 1.87. The van der Waals surface area contributed by atoms with Crippen molar-refractivity contribution >= 4 is 28.2 Å². The Morgan fingerprint density at radius 2 is 1.80 bits per heavy atom. The summed E-state index contributed by atoms with van der Waals surface area (Å²) in [7, 11) is 1.79. The molecule has 12 heteroatoms. The van der Waals surface area contributed by atoms with Gasteiger partial charge in [0.2, 0.25) is 0 Å². The molecule has 0 atom stereocenters. The van der Waals surface area contributed by atoms with Crippen LogP contribution in [0.1, 0.15) is 21.6 Å². The predicted molar refractivity (Wildman–Crippen MR) is 141 cm³/mol. The molecule has 2 heterocycles. The number of rotatable bonds is 6. The number of para-hydroxylation sites is 1. The van der Waals surface area contributed by atoms with Crippen molar-refractivity contribution in [3.63, 3.8) is 0 Å². The second kappa shape index (κ2) is 10.1. The number of alkyl halides is 3. The lowest BCUT2D eigenvalue weighted by molar-refractivity contribution is -0.384. The number of nitrogens with one attached hydrogen (secondary N) is 1. The first-order chi connectivity index (χ1) is 19.0. The Morgan fingerprint density at radius 1 is 1.02 bits per heavy atom. The highest BCUT2D eigenvalue weighted by molar-refractivity contribution is 6.13. The van der Waals surface area contributed by atoms with E-state index in [2.05, 4.69) is 15.4 Å². The first-order valence-electron chi connectivity index (χ1n) is 11.8. The Hall–Kier alpha value is -5.26. The molecule has 0 spiro atoms. The standard InChI is InChI=1S/C28H20F3N5O4/c1-16-24(15-32-35(16)2)26-14-23(22-8-3-4-9-25(22)34-26)27(37)33-18-11-19(36(38)39)13-21(12-18)40-20-7-5-6-17(10-20)28(29,30)31/h3-15H,1-2H3,(H,33,37). The SMILES string of the molecule is Cc1c(-c2cc(C(=O)Nc3cc(Oc4cccc(C(F)(F)F)c4)cc([N+](=O)[O-])c3)c3ccccc3n2)cnn1C. The van der Waals surface area contributed by atoms with E-state index in [1.807, 2.05) is 6.92 Å². The van der Waals surface area contributed by atoms with Gasteiger partial charge in [-0.3, -0.25) is 19.6 Å². The van der Waals surface area contributed by atoms with Gasteiger partial charge in [0.15, 0.2) is 0 Å². The molecule has 0 saturated heterocycles. The molecule has 0 unspecified atom stereocenters. The number of benzene rings is 3.